The van der Waals surface area contributed by atoms with Crippen LogP contribution in [0.4, 0.5) is 5.69 Å². The van der Waals surface area contributed by atoms with Crippen molar-refractivity contribution in [2.75, 3.05) is 18.9 Å². The number of H-pyrrole nitrogens is 1. The molecule has 0 saturated carbocycles. The fraction of sp³-hybridized carbons (Fsp3) is 0.190. The number of rotatable bonds is 5. The topological polar surface area (TPSA) is 82.3 Å². The maximum absolute atomic E-state index is 12.6. The third-order valence-corrected chi connectivity index (χ3v) is 4.38. The second kappa shape index (κ2) is 7.86. The Kier molecular flexibility index (Phi) is 5.35. The van der Waals surface area contributed by atoms with E-state index < -0.39 is 11.5 Å². The minimum atomic E-state index is -0.499. The van der Waals surface area contributed by atoms with Gasteiger partial charge in [-0.3, -0.25) is 14.4 Å². The van der Waals surface area contributed by atoms with Crippen LogP contribution < -0.4 is 10.9 Å². The summed E-state index contributed by atoms with van der Waals surface area (Å²) in [6, 6.07) is 16.3. The summed E-state index contributed by atoms with van der Waals surface area (Å²) in [6.07, 6.45) is 0.789. The average molecular weight is 363 g/mol. The molecular formula is C21H21N3O3. The van der Waals surface area contributed by atoms with Crippen LogP contribution >= 0.6 is 0 Å². The Hall–Kier alpha value is -3.41. The van der Waals surface area contributed by atoms with Gasteiger partial charge in [0.2, 0.25) is 5.91 Å². The molecule has 6 heteroatoms. The van der Waals surface area contributed by atoms with Gasteiger partial charge < -0.3 is 15.2 Å². The Morgan fingerprint density at radius 1 is 1.07 bits per heavy atom. The zero-order valence-electron chi connectivity index (χ0n) is 15.3. The number of aromatic amines is 1. The summed E-state index contributed by atoms with van der Waals surface area (Å²) >= 11 is 0. The summed E-state index contributed by atoms with van der Waals surface area (Å²) in [5.41, 5.74) is 1.95. The molecule has 2 N–H and O–H groups in total. The molecular weight excluding hydrogens is 342 g/mol. The third kappa shape index (κ3) is 4.06. The lowest BCUT2D eigenvalue weighted by atomic mass is 10.1. The maximum atomic E-state index is 12.6. The van der Waals surface area contributed by atoms with Gasteiger partial charge in [-0.05, 0) is 35.6 Å². The highest BCUT2D eigenvalue weighted by Crippen LogP contribution is 2.15. The first-order chi connectivity index (χ1) is 13.0. The van der Waals surface area contributed by atoms with Gasteiger partial charge in [0, 0.05) is 18.3 Å². The minimum absolute atomic E-state index is 0.0120. The van der Waals surface area contributed by atoms with Gasteiger partial charge in [0.15, 0.2) is 0 Å². The minimum Gasteiger partial charge on any atom is -0.332 e. The SMILES string of the molecule is CCc1ccccc1NC(=O)CN(C)C(=O)c1cc2ccccc2[nH]c1=O. The van der Waals surface area contributed by atoms with Crippen LogP contribution in [0.25, 0.3) is 10.9 Å². The van der Waals surface area contributed by atoms with E-state index in [-0.39, 0.29) is 18.0 Å². The molecule has 1 aromatic heterocycles. The number of anilines is 1. The molecule has 2 amide bonds. The molecule has 0 spiro atoms. The highest BCUT2D eigenvalue weighted by Gasteiger charge is 2.19. The Balaban J connectivity index is 1.75. The van der Waals surface area contributed by atoms with Gasteiger partial charge >= 0.3 is 0 Å². The van der Waals surface area contributed by atoms with E-state index in [9.17, 15) is 14.4 Å². The number of fused-ring (bicyclic) bond motifs is 1. The van der Waals surface area contributed by atoms with Crippen molar-refractivity contribution < 1.29 is 9.59 Å². The highest BCUT2D eigenvalue weighted by molar-refractivity contribution is 6.00. The van der Waals surface area contributed by atoms with Crippen LogP contribution in [-0.2, 0) is 11.2 Å². The number of likely N-dealkylation sites (N-methyl/N-ethyl adjacent to an activating group) is 1. The first-order valence-corrected chi connectivity index (χ1v) is 8.75. The highest BCUT2D eigenvalue weighted by atomic mass is 16.2. The summed E-state index contributed by atoms with van der Waals surface area (Å²) in [7, 11) is 1.50. The summed E-state index contributed by atoms with van der Waals surface area (Å²) in [5.74, 6) is -0.815. The molecule has 0 unspecified atom stereocenters. The standard InChI is InChI=1S/C21H21N3O3/c1-3-14-8-4-6-10-17(14)22-19(25)13-24(2)21(27)16-12-15-9-5-7-11-18(15)23-20(16)26/h4-12H,3,13H2,1-2H3,(H,22,25)(H,23,26). The summed E-state index contributed by atoms with van der Waals surface area (Å²) in [4.78, 5) is 41.2. The molecule has 0 bridgehead atoms. The van der Waals surface area contributed by atoms with Gasteiger partial charge in [-0.25, -0.2) is 0 Å². The van der Waals surface area contributed by atoms with E-state index >= 15 is 0 Å². The van der Waals surface area contributed by atoms with Crippen LogP contribution in [0.1, 0.15) is 22.8 Å². The second-order valence-electron chi connectivity index (χ2n) is 6.32. The predicted molar refractivity (Wildman–Crippen MR) is 106 cm³/mol. The Morgan fingerprint density at radius 3 is 2.56 bits per heavy atom. The van der Waals surface area contributed by atoms with Crippen LogP contribution in [0.5, 0.6) is 0 Å². The van der Waals surface area contributed by atoms with Crippen LogP contribution in [0.2, 0.25) is 0 Å². The van der Waals surface area contributed by atoms with E-state index in [1.807, 2.05) is 49.4 Å². The van der Waals surface area contributed by atoms with E-state index in [1.54, 1.807) is 12.1 Å². The Bertz CT molecular complexity index is 1060. The van der Waals surface area contributed by atoms with E-state index in [1.165, 1.54) is 11.9 Å². The Morgan fingerprint density at radius 2 is 1.78 bits per heavy atom. The van der Waals surface area contributed by atoms with Crippen molar-refractivity contribution in [3.63, 3.8) is 0 Å². The molecule has 0 atom stereocenters. The first kappa shape index (κ1) is 18.4. The van der Waals surface area contributed by atoms with Crippen LogP contribution in [0, 0.1) is 0 Å². The zero-order chi connectivity index (χ0) is 19.4. The molecule has 0 fully saturated rings. The van der Waals surface area contributed by atoms with Crippen molar-refractivity contribution in [3.8, 4) is 0 Å². The van der Waals surface area contributed by atoms with Gasteiger partial charge in [-0.2, -0.15) is 0 Å². The largest absolute Gasteiger partial charge is 0.332 e. The molecule has 0 aliphatic carbocycles. The number of aryl methyl sites for hydroxylation is 1. The number of nitrogens with zero attached hydrogens (tertiary/aromatic N) is 1. The van der Waals surface area contributed by atoms with Crippen molar-refractivity contribution in [2.24, 2.45) is 0 Å². The normalized spacial score (nSPS) is 10.6. The molecule has 27 heavy (non-hydrogen) atoms. The molecule has 6 nitrogen and oxygen atoms in total. The lowest BCUT2D eigenvalue weighted by Crippen LogP contribution is -2.37. The van der Waals surface area contributed by atoms with Crippen molar-refractivity contribution >= 4 is 28.4 Å². The number of benzene rings is 2. The van der Waals surface area contributed by atoms with Crippen molar-refractivity contribution in [1.29, 1.82) is 0 Å². The summed E-state index contributed by atoms with van der Waals surface area (Å²) in [6.45, 7) is 1.86. The molecule has 3 aromatic rings. The third-order valence-electron chi connectivity index (χ3n) is 4.38. The zero-order valence-corrected chi connectivity index (χ0v) is 15.3. The van der Waals surface area contributed by atoms with E-state index in [0.29, 0.717) is 5.52 Å². The molecule has 0 aliphatic heterocycles. The number of amides is 2. The first-order valence-electron chi connectivity index (χ1n) is 8.75. The fourth-order valence-electron chi connectivity index (χ4n) is 2.94. The van der Waals surface area contributed by atoms with Crippen molar-refractivity contribution in [2.45, 2.75) is 13.3 Å². The van der Waals surface area contributed by atoms with E-state index in [0.717, 1.165) is 23.1 Å². The van der Waals surface area contributed by atoms with E-state index in [4.69, 9.17) is 0 Å². The van der Waals surface area contributed by atoms with E-state index in [2.05, 4.69) is 10.3 Å². The van der Waals surface area contributed by atoms with Crippen LogP contribution in [0.15, 0.2) is 59.4 Å². The fourth-order valence-corrected chi connectivity index (χ4v) is 2.94. The van der Waals surface area contributed by atoms with Gasteiger partial charge in [0.25, 0.3) is 11.5 Å². The molecule has 1 heterocycles. The quantitative estimate of drug-likeness (QED) is 0.731. The van der Waals surface area contributed by atoms with Gasteiger partial charge in [0.05, 0.1) is 6.54 Å². The lowest BCUT2D eigenvalue weighted by molar-refractivity contribution is -0.116. The van der Waals surface area contributed by atoms with Gasteiger partial charge in [-0.15, -0.1) is 0 Å². The Labute approximate surface area is 156 Å². The molecule has 3 rings (SSSR count). The molecule has 2 aromatic carbocycles. The molecule has 0 aliphatic rings. The van der Waals surface area contributed by atoms with Crippen molar-refractivity contribution in [1.82, 2.24) is 9.88 Å². The van der Waals surface area contributed by atoms with Crippen LogP contribution in [-0.4, -0.2) is 35.3 Å². The number of pyridine rings is 1. The van der Waals surface area contributed by atoms with Gasteiger partial charge in [0.1, 0.15) is 5.56 Å². The summed E-state index contributed by atoms with van der Waals surface area (Å²) < 4.78 is 0. The molecule has 0 saturated heterocycles. The number of hydrogen-bond donors (Lipinski definition) is 2. The molecule has 138 valence electrons. The number of para-hydroxylation sites is 2. The number of aromatic nitrogens is 1. The number of carbonyl (C=O) groups is 2. The van der Waals surface area contributed by atoms with Crippen LogP contribution in [0.3, 0.4) is 0 Å². The maximum Gasteiger partial charge on any atom is 0.261 e. The smallest absolute Gasteiger partial charge is 0.261 e. The van der Waals surface area contributed by atoms with Crippen molar-refractivity contribution in [3.05, 3.63) is 76.1 Å². The number of nitrogens with one attached hydrogen (secondary N) is 2. The number of hydrogen-bond acceptors (Lipinski definition) is 3. The monoisotopic (exact) mass is 363 g/mol. The second-order valence-corrected chi connectivity index (χ2v) is 6.32. The summed E-state index contributed by atoms with van der Waals surface area (Å²) in [5, 5.41) is 3.58. The number of carbonyl (C=O) groups excluding carboxylic acids is 2. The lowest BCUT2D eigenvalue weighted by Gasteiger charge is -2.17. The average Bonchev–Trinajstić information content (AvgIpc) is 2.67. The molecule has 0 radical (unpaired) electrons. The predicted octanol–water partition coefficient (Wildman–Crippen LogP) is 2.80. The van der Waals surface area contributed by atoms with Gasteiger partial charge in [-0.1, -0.05) is 43.3 Å².